The standard InChI is InChI=1S/C31H40N8O2/c1-23(39(4)28(40)14-10-20-38(2)3)30(41)33-19-9-5-6-11-25-22-34-31(36-27-17-15-24(21-32)16-18-27)37-29(25)35-26-12-7-8-13-26/h10,14-18,22-23,26H,5,7-9,12-13,19-20H2,1-4H3,(H,33,41)(H2,34,35,36,37)/t23-/m0/s1. The first-order valence-corrected chi connectivity index (χ1v) is 14.0. The van der Waals surface area contributed by atoms with E-state index in [9.17, 15) is 9.59 Å². The summed E-state index contributed by atoms with van der Waals surface area (Å²) in [5.41, 5.74) is 2.11. The van der Waals surface area contributed by atoms with Crippen LogP contribution in [0.3, 0.4) is 0 Å². The highest BCUT2D eigenvalue weighted by atomic mass is 16.2. The smallest absolute Gasteiger partial charge is 0.246 e. The van der Waals surface area contributed by atoms with Gasteiger partial charge in [-0.2, -0.15) is 10.2 Å². The number of likely N-dealkylation sites (N-methyl/N-ethyl adjacent to an activating group) is 2. The maximum atomic E-state index is 12.5. The molecule has 41 heavy (non-hydrogen) atoms. The van der Waals surface area contributed by atoms with Crippen molar-refractivity contribution in [3.05, 3.63) is 53.7 Å². The fourth-order valence-electron chi connectivity index (χ4n) is 4.21. The highest BCUT2D eigenvalue weighted by Gasteiger charge is 2.20. The Bertz CT molecular complexity index is 1300. The summed E-state index contributed by atoms with van der Waals surface area (Å²) in [7, 11) is 5.47. The maximum absolute atomic E-state index is 12.5. The van der Waals surface area contributed by atoms with E-state index in [1.807, 2.05) is 31.1 Å². The lowest BCUT2D eigenvalue weighted by atomic mass is 10.2. The van der Waals surface area contributed by atoms with Gasteiger partial charge in [0.2, 0.25) is 17.8 Å². The van der Waals surface area contributed by atoms with Crippen LogP contribution in [0.25, 0.3) is 0 Å². The molecule has 1 aliphatic rings. The molecular weight excluding hydrogens is 516 g/mol. The third-order valence-electron chi connectivity index (χ3n) is 6.79. The summed E-state index contributed by atoms with van der Waals surface area (Å²) in [5.74, 6) is 7.11. The molecule has 1 atom stereocenters. The minimum absolute atomic E-state index is 0.198. The van der Waals surface area contributed by atoms with E-state index >= 15 is 0 Å². The van der Waals surface area contributed by atoms with E-state index in [1.54, 1.807) is 38.4 Å². The Morgan fingerprint density at radius 3 is 2.59 bits per heavy atom. The summed E-state index contributed by atoms with van der Waals surface area (Å²) in [6.45, 7) is 2.84. The Morgan fingerprint density at radius 2 is 1.90 bits per heavy atom. The highest BCUT2D eigenvalue weighted by molar-refractivity contribution is 5.92. The molecule has 0 aliphatic heterocycles. The van der Waals surface area contributed by atoms with Gasteiger partial charge in [-0.3, -0.25) is 9.59 Å². The Hall–Kier alpha value is -4.41. The topological polar surface area (TPSA) is 126 Å². The van der Waals surface area contributed by atoms with Crippen molar-refractivity contribution >= 4 is 29.3 Å². The lowest BCUT2D eigenvalue weighted by molar-refractivity contribution is -0.135. The zero-order valence-corrected chi connectivity index (χ0v) is 24.4. The molecule has 0 unspecified atom stereocenters. The summed E-state index contributed by atoms with van der Waals surface area (Å²) < 4.78 is 0. The summed E-state index contributed by atoms with van der Waals surface area (Å²) in [6.07, 6.45) is 10.8. The van der Waals surface area contributed by atoms with Gasteiger partial charge in [-0.05, 0) is 64.5 Å². The molecule has 1 aromatic carbocycles. The number of unbranched alkanes of at least 4 members (excludes halogenated alkanes) is 1. The van der Waals surface area contributed by atoms with Crippen LogP contribution >= 0.6 is 0 Å². The van der Waals surface area contributed by atoms with Gasteiger partial charge in [0.25, 0.3) is 0 Å². The van der Waals surface area contributed by atoms with Crippen LogP contribution < -0.4 is 16.0 Å². The van der Waals surface area contributed by atoms with Gasteiger partial charge in [0.15, 0.2) is 0 Å². The zero-order valence-electron chi connectivity index (χ0n) is 24.4. The molecule has 216 valence electrons. The van der Waals surface area contributed by atoms with Crippen molar-refractivity contribution in [1.82, 2.24) is 25.1 Å². The van der Waals surface area contributed by atoms with Crippen molar-refractivity contribution < 1.29 is 9.59 Å². The summed E-state index contributed by atoms with van der Waals surface area (Å²) in [5, 5.41) is 18.6. The number of anilines is 3. The normalized spacial score (nSPS) is 13.8. The minimum Gasteiger partial charge on any atom is -0.366 e. The lowest BCUT2D eigenvalue weighted by Crippen LogP contribution is -2.45. The molecule has 1 heterocycles. The quantitative estimate of drug-likeness (QED) is 0.205. The predicted molar refractivity (Wildman–Crippen MR) is 161 cm³/mol. The van der Waals surface area contributed by atoms with Crippen molar-refractivity contribution in [3.8, 4) is 17.9 Å². The van der Waals surface area contributed by atoms with Gasteiger partial charge in [-0.25, -0.2) is 4.98 Å². The number of nitrogens with one attached hydrogen (secondary N) is 3. The van der Waals surface area contributed by atoms with Crippen molar-refractivity contribution in [2.24, 2.45) is 0 Å². The monoisotopic (exact) mass is 556 g/mol. The summed E-state index contributed by atoms with van der Waals surface area (Å²) in [6, 6.07) is 9.02. The largest absolute Gasteiger partial charge is 0.366 e. The average molecular weight is 557 g/mol. The summed E-state index contributed by atoms with van der Waals surface area (Å²) in [4.78, 5) is 37.3. The van der Waals surface area contributed by atoms with Crippen LogP contribution in [-0.2, 0) is 9.59 Å². The van der Waals surface area contributed by atoms with Crippen LogP contribution in [0.4, 0.5) is 17.5 Å². The number of hydrogen-bond acceptors (Lipinski definition) is 8. The zero-order chi connectivity index (χ0) is 29.6. The van der Waals surface area contributed by atoms with Gasteiger partial charge in [0, 0.05) is 44.4 Å². The predicted octanol–water partition coefficient (Wildman–Crippen LogP) is 3.66. The van der Waals surface area contributed by atoms with E-state index in [4.69, 9.17) is 10.2 Å². The van der Waals surface area contributed by atoms with Crippen molar-refractivity contribution in [2.75, 3.05) is 44.9 Å². The van der Waals surface area contributed by atoms with Gasteiger partial charge < -0.3 is 25.8 Å². The Morgan fingerprint density at radius 1 is 1.17 bits per heavy atom. The molecule has 0 spiro atoms. The SMILES string of the molecule is C[C@@H](C(=O)NCCCC#Cc1cnc(Nc2ccc(C#N)cc2)nc1NC1CCCC1)N(C)C(=O)C=CCN(C)C. The number of benzene rings is 1. The van der Waals surface area contributed by atoms with Gasteiger partial charge in [-0.1, -0.05) is 30.8 Å². The number of carbonyl (C=O) groups excluding carboxylic acids is 2. The van der Waals surface area contributed by atoms with Crippen LogP contribution in [0.5, 0.6) is 0 Å². The maximum Gasteiger partial charge on any atom is 0.246 e. The molecule has 0 saturated heterocycles. The number of hydrogen-bond donors (Lipinski definition) is 3. The van der Waals surface area contributed by atoms with Gasteiger partial charge in [-0.15, -0.1) is 0 Å². The number of aromatic nitrogens is 2. The van der Waals surface area contributed by atoms with Crippen molar-refractivity contribution in [2.45, 2.75) is 57.5 Å². The number of rotatable bonds is 12. The van der Waals surface area contributed by atoms with E-state index in [0.717, 1.165) is 24.1 Å². The van der Waals surface area contributed by atoms with E-state index < -0.39 is 6.04 Å². The lowest BCUT2D eigenvalue weighted by Gasteiger charge is -2.23. The second-order valence-corrected chi connectivity index (χ2v) is 10.4. The van der Waals surface area contributed by atoms with Gasteiger partial charge >= 0.3 is 0 Å². The first-order valence-electron chi connectivity index (χ1n) is 14.0. The van der Waals surface area contributed by atoms with Crippen LogP contribution in [0, 0.1) is 23.2 Å². The fourth-order valence-corrected chi connectivity index (χ4v) is 4.21. The molecule has 0 radical (unpaired) electrons. The molecule has 3 rings (SSSR count). The van der Waals surface area contributed by atoms with E-state index in [2.05, 4.69) is 38.8 Å². The molecule has 10 heteroatoms. The van der Waals surface area contributed by atoms with Gasteiger partial charge in [0.05, 0.1) is 23.4 Å². The fraction of sp³-hybridized carbons (Fsp3) is 0.452. The van der Waals surface area contributed by atoms with Crippen LogP contribution in [0.15, 0.2) is 42.6 Å². The number of nitrogens with zero attached hydrogens (tertiary/aromatic N) is 5. The third kappa shape index (κ3) is 10.3. The second-order valence-electron chi connectivity index (χ2n) is 10.4. The molecule has 2 aromatic rings. The minimum atomic E-state index is -0.574. The average Bonchev–Trinajstić information content (AvgIpc) is 3.48. The molecule has 0 bridgehead atoms. The molecule has 2 amide bonds. The third-order valence-corrected chi connectivity index (χ3v) is 6.79. The Balaban J connectivity index is 1.53. The number of carbonyl (C=O) groups is 2. The van der Waals surface area contributed by atoms with Crippen LogP contribution in [-0.4, -0.2) is 77.9 Å². The first-order chi connectivity index (χ1) is 19.8. The number of nitriles is 1. The van der Waals surface area contributed by atoms with E-state index in [0.29, 0.717) is 49.3 Å². The van der Waals surface area contributed by atoms with Crippen molar-refractivity contribution in [3.63, 3.8) is 0 Å². The second kappa shape index (κ2) is 16.0. The molecule has 1 aromatic heterocycles. The Labute approximate surface area is 243 Å². The molecule has 3 N–H and O–H groups in total. The van der Waals surface area contributed by atoms with E-state index in [-0.39, 0.29) is 11.8 Å². The molecule has 10 nitrogen and oxygen atoms in total. The first kappa shape index (κ1) is 31.1. The number of amides is 2. The Kier molecular flexibility index (Phi) is 12.1. The van der Waals surface area contributed by atoms with Crippen LogP contribution in [0.1, 0.15) is 56.6 Å². The molecule has 1 aliphatic carbocycles. The van der Waals surface area contributed by atoms with E-state index in [1.165, 1.54) is 23.8 Å². The molecule has 1 saturated carbocycles. The van der Waals surface area contributed by atoms with Crippen LogP contribution in [0.2, 0.25) is 0 Å². The summed E-state index contributed by atoms with van der Waals surface area (Å²) >= 11 is 0. The molecular formula is C31H40N8O2. The highest BCUT2D eigenvalue weighted by Crippen LogP contribution is 2.24. The van der Waals surface area contributed by atoms with Crippen molar-refractivity contribution in [1.29, 1.82) is 5.26 Å². The van der Waals surface area contributed by atoms with Gasteiger partial charge in [0.1, 0.15) is 11.9 Å². The molecule has 1 fully saturated rings.